The topological polar surface area (TPSA) is 50.2 Å². The molecular weight excluding hydrogens is 222 g/mol. The molecule has 0 aliphatic carbocycles. The number of unbranched alkanes of at least 4 members (excludes halogenated alkanes) is 3. The summed E-state index contributed by atoms with van der Waals surface area (Å²) >= 11 is 1.53. The standard InChI is InChI=1S/C12H17NO2S/c1-2-3-4-5-9-16-11-10(12(14)15)7-6-8-13-11/h6-8H,2-5,9H2,1H3,(H,14,15). The predicted octanol–water partition coefficient (Wildman–Crippen LogP) is 3.45. The normalized spacial score (nSPS) is 10.3. The molecule has 16 heavy (non-hydrogen) atoms. The highest BCUT2D eigenvalue weighted by atomic mass is 32.2. The Kier molecular flexibility index (Phi) is 5.93. The van der Waals surface area contributed by atoms with Crippen molar-refractivity contribution >= 4 is 17.7 Å². The van der Waals surface area contributed by atoms with Gasteiger partial charge in [0.05, 0.1) is 5.56 Å². The average Bonchev–Trinajstić information content (AvgIpc) is 2.29. The molecule has 0 bridgehead atoms. The van der Waals surface area contributed by atoms with Gasteiger partial charge in [0.1, 0.15) is 5.03 Å². The highest BCUT2D eigenvalue weighted by molar-refractivity contribution is 7.99. The van der Waals surface area contributed by atoms with E-state index < -0.39 is 5.97 Å². The molecule has 0 aliphatic heterocycles. The first-order valence-corrected chi connectivity index (χ1v) is 6.55. The van der Waals surface area contributed by atoms with E-state index in [1.54, 1.807) is 18.3 Å². The average molecular weight is 239 g/mol. The Hall–Kier alpha value is -1.03. The third-order valence-electron chi connectivity index (χ3n) is 2.24. The Labute approximate surface area is 100 Å². The molecule has 1 aromatic rings. The van der Waals surface area contributed by atoms with Crippen molar-refractivity contribution in [3.05, 3.63) is 23.9 Å². The number of carboxylic acids is 1. The second-order valence-corrected chi connectivity index (χ2v) is 4.65. The molecule has 0 atom stereocenters. The fraction of sp³-hybridized carbons (Fsp3) is 0.500. The summed E-state index contributed by atoms with van der Waals surface area (Å²) < 4.78 is 0. The highest BCUT2D eigenvalue weighted by Gasteiger charge is 2.10. The number of carboxylic acid groups (broad SMARTS) is 1. The summed E-state index contributed by atoms with van der Waals surface area (Å²) in [7, 11) is 0. The number of aromatic carboxylic acids is 1. The number of hydrogen-bond donors (Lipinski definition) is 1. The van der Waals surface area contributed by atoms with E-state index >= 15 is 0 Å². The summed E-state index contributed by atoms with van der Waals surface area (Å²) in [6.07, 6.45) is 6.43. The molecule has 0 amide bonds. The molecule has 0 saturated heterocycles. The summed E-state index contributed by atoms with van der Waals surface area (Å²) in [6.45, 7) is 2.18. The zero-order valence-electron chi connectivity index (χ0n) is 9.48. The number of rotatable bonds is 7. The fourth-order valence-electron chi connectivity index (χ4n) is 1.37. The first-order valence-electron chi connectivity index (χ1n) is 5.56. The van der Waals surface area contributed by atoms with Crippen molar-refractivity contribution in [2.75, 3.05) is 5.75 Å². The molecule has 0 spiro atoms. The van der Waals surface area contributed by atoms with Crippen molar-refractivity contribution in [2.24, 2.45) is 0 Å². The number of aromatic nitrogens is 1. The highest BCUT2D eigenvalue weighted by Crippen LogP contribution is 2.21. The smallest absolute Gasteiger partial charge is 0.338 e. The van der Waals surface area contributed by atoms with Gasteiger partial charge in [-0.05, 0) is 24.3 Å². The van der Waals surface area contributed by atoms with Crippen LogP contribution in [0.15, 0.2) is 23.4 Å². The number of thioether (sulfide) groups is 1. The van der Waals surface area contributed by atoms with Crippen LogP contribution >= 0.6 is 11.8 Å². The predicted molar refractivity (Wildman–Crippen MR) is 66.1 cm³/mol. The Bertz CT molecular complexity index is 342. The van der Waals surface area contributed by atoms with Crippen LogP contribution in [0.3, 0.4) is 0 Å². The molecule has 0 fully saturated rings. The lowest BCUT2D eigenvalue weighted by atomic mass is 10.2. The van der Waals surface area contributed by atoms with Crippen LogP contribution in [0.2, 0.25) is 0 Å². The lowest BCUT2D eigenvalue weighted by molar-refractivity contribution is 0.0692. The zero-order valence-corrected chi connectivity index (χ0v) is 10.3. The van der Waals surface area contributed by atoms with Gasteiger partial charge in [-0.2, -0.15) is 0 Å². The number of nitrogens with zero attached hydrogens (tertiary/aromatic N) is 1. The van der Waals surface area contributed by atoms with Crippen molar-refractivity contribution in [1.29, 1.82) is 0 Å². The molecule has 1 heterocycles. The minimum absolute atomic E-state index is 0.308. The molecule has 0 saturated carbocycles. The summed E-state index contributed by atoms with van der Waals surface area (Å²) in [6, 6.07) is 3.26. The Morgan fingerprint density at radius 2 is 2.25 bits per heavy atom. The number of pyridine rings is 1. The van der Waals surface area contributed by atoms with Crippen molar-refractivity contribution in [3.8, 4) is 0 Å². The molecular formula is C12H17NO2S. The molecule has 0 aliphatic rings. The second kappa shape index (κ2) is 7.28. The monoisotopic (exact) mass is 239 g/mol. The van der Waals surface area contributed by atoms with Crippen LogP contribution in [0.25, 0.3) is 0 Å². The first-order chi connectivity index (χ1) is 7.75. The van der Waals surface area contributed by atoms with Crippen molar-refractivity contribution in [1.82, 2.24) is 4.98 Å². The van der Waals surface area contributed by atoms with E-state index in [1.165, 1.54) is 31.0 Å². The third kappa shape index (κ3) is 4.23. The third-order valence-corrected chi connectivity index (χ3v) is 3.33. The summed E-state index contributed by atoms with van der Waals surface area (Å²) in [5, 5.41) is 9.58. The van der Waals surface area contributed by atoms with Gasteiger partial charge in [0, 0.05) is 6.20 Å². The maximum atomic E-state index is 10.9. The number of carbonyl (C=O) groups is 1. The van der Waals surface area contributed by atoms with Gasteiger partial charge in [0.15, 0.2) is 0 Å². The van der Waals surface area contributed by atoms with Crippen molar-refractivity contribution in [3.63, 3.8) is 0 Å². The van der Waals surface area contributed by atoms with Gasteiger partial charge in [-0.15, -0.1) is 11.8 Å². The van der Waals surface area contributed by atoms with Crippen LogP contribution in [0.5, 0.6) is 0 Å². The number of hydrogen-bond acceptors (Lipinski definition) is 3. The van der Waals surface area contributed by atoms with Crippen molar-refractivity contribution < 1.29 is 9.90 Å². The van der Waals surface area contributed by atoms with Gasteiger partial charge in [-0.1, -0.05) is 26.2 Å². The first kappa shape index (κ1) is 13.0. The molecule has 0 unspecified atom stereocenters. The van der Waals surface area contributed by atoms with Gasteiger partial charge in [-0.3, -0.25) is 0 Å². The lowest BCUT2D eigenvalue weighted by Gasteiger charge is -2.03. The van der Waals surface area contributed by atoms with E-state index in [-0.39, 0.29) is 0 Å². The molecule has 3 nitrogen and oxygen atoms in total. The summed E-state index contributed by atoms with van der Waals surface area (Å²) in [5.41, 5.74) is 0.308. The van der Waals surface area contributed by atoms with E-state index in [2.05, 4.69) is 11.9 Å². The SMILES string of the molecule is CCCCCCSc1ncccc1C(=O)O. The summed E-state index contributed by atoms with van der Waals surface area (Å²) in [5.74, 6) is 0.0428. The molecule has 1 rings (SSSR count). The van der Waals surface area contributed by atoms with Crippen LogP contribution in [0, 0.1) is 0 Å². The molecule has 1 N–H and O–H groups in total. The second-order valence-electron chi connectivity index (χ2n) is 3.57. The van der Waals surface area contributed by atoms with Gasteiger partial charge >= 0.3 is 5.97 Å². The van der Waals surface area contributed by atoms with E-state index in [4.69, 9.17) is 5.11 Å². The molecule has 0 aromatic carbocycles. The maximum absolute atomic E-state index is 10.9. The lowest BCUT2D eigenvalue weighted by Crippen LogP contribution is -2.00. The Morgan fingerprint density at radius 3 is 2.94 bits per heavy atom. The Morgan fingerprint density at radius 1 is 1.44 bits per heavy atom. The van der Waals surface area contributed by atoms with Crippen LogP contribution in [0.4, 0.5) is 0 Å². The minimum Gasteiger partial charge on any atom is -0.478 e. The summed E-state index contributed by atoms with van der Waals surface area (Å²) in [4.78, 5) is 15.0. The largest absolute Gasteiger partial charge is 0.478 e. The van der Waals surface area contributed by atoms with Crippen molar-refractivity contribution in [2.45, 2.75) is 37.6 Å². The van der Waals surface area contributed by atoms with E-state index in [1.807, 2.05) is 0 Å². The van der Waals surface area contributed by atoms with E-state index in [0.717, 1.165) is 12.2 Å². The van der Waals surface area contributed by atoms with Crippen LogP contribution in [-0.2, 0) is 0 Å². The maximum Gasteiger partial charge on any atom is 0.338 e. The molecule has 1 aromatic heterocycles. The van der Waals surface area contributed by atoms with Crippen LogP contribution in [-0.4, -0.2) is 21.8 Å². The fourth-order valence-corrected chi connectivity index (χ4v) is 2.35. The van der Waals surface area contributed by atoms with Crippen LogP contribution in [0.1, 0.15) is 43.0 Å². The van der Waals surface area contributed by atoms with Gasteiger partial charge in [0.25, 0.3) is 0 Å². The Balaban J connectivity index is 2.44. The van der Waals surface area contributed by atoms with Crippen LogP contribution < -0.4 is 0 Å². The van der Waals surface area contributed by atoms with Gasteiger partial charge in [0.2, 0.25) is 0 Å². The van der Waals surface area contributed by atoms with E-state index in [9.17, 15) is 4.79 Å². The molecule has 88 valence electrons. The quantitative estimate of drug-likeness (QED) is 0.585. The van der Waals surface area contributed by atoms with Gasteiger partial charge < -0.3 is 5.11 Å². The zero-order chi connectivity index (χ0) is 11.8. The minimum atomic E-state index is -0.899. The molecule has 4 heteroatoms. The van der Waals surface area contributed by atoms with E-state index in [0.29, 0.717) is 10.6 Å². The molecule has 0 radical (unpaired) electrons. The van der Waals surface area contributed by atoms with Gasteiger partial charge in [-0.25, -0.2) is 9.78 Å².